The molecule has 2 heteroatoms. The maximum absolute atomic E-state index is 3.39. The summed E-state index contributed by atoms with van der Waals surface area (Å²) in [5.74, 6) is 0.872. The Balaban J connectivity index is 2.57. The summed E-state index contributed by atoms with van der Waals surface area (Å²) < 4.78 is 0. The van der Waals surface area contributed by atoms with Gasteiger partial charge in [0.05, 0.1) is 0 Å². The molecule has 0 bridgehead atoms. The molecular weight excluding hydrogens is 196 g/mol. The predicted octanol–water partition coefficient (Wildman–Crippen LogP) is 2.74. The molecule has 1 N–H and O–H groups in total. The molecule has 1 aliphatic heterocycles. The summed E-state index contributed by atoms with van der Waals surface area (Å²) in [6, 6.07) is 1.33. The molecule has 1 fully saturated rings. The molecule has 96 valence electrons. The predicted molar refractivity (Wildman–Crippen MR) is 71.7 cm³/mol. The summed E-state index contributed by atoms with van der Waals surface area (Å²) in [6.45, 7) is 14.3. The van der Waals surface area contributed by atoms with Crippen molar-refractivity contribution in [1.82, 2.24) is 10.2 Å². The van der Waals surface area contributed by atoms with E-state index < -0.39 is 0 Å². The summed E-state index contributed by atoms with van der Waals surface area (Å²) in [5.41, 5.74) is 0.347. The first-order valence-electron chi connectivity index (χ1n) is 6.78. The molecule has 0 spiro atoms. The van der Waals surface area contributed by atoms with E-state index in [1.807, 2.05) is 0 Å². The summed E-state index contributed by atoms with van der Waals surface area (Å²) >= 11 is 0. The van der Waals surface area contributed by atoms with Crippen LogP contribution < -0.4 is 5.32 Å². The van der Waals surface area contributed by atoms with Crippen LogP contribution in [-0.4, -0.2) is 37.1 Å². The zero-order chi connectivity index (χ0) is 12.3. The van der Waals surface area contributed by atoms with Gasteiger partial charge < -0.3 is 5.32 Å². The van der Waals surface area contributed by atoms with Gasteiger partial charge in [-0.1, -0.05) is 20.8 Å². The summed E-state index contributed by atoms with van der Waals surface area (Å²) in [4.78, 5) is 2.68. The molecule has 3 atom stereocenters. The van der Waals surface area contributed by atoms with Crippen LogP contribution in [0, 0.1) is 11.3 Å². The Bertz CT molecular complexity index is 213. The third kappa shape index (κ3) is 3.46. The van der Waals surface area contributed by atoms with E-state index in [9.17, 15) is 0 Å². The van der Waals surface area contributed by atoms with Crippen LogP contribution in [0.4, 0.5) is 0 Å². The van der Waals surface area contributed by atoms with Crippen LogP contribution in [0.15, 0.2) is 0 Å². The molecule has 1 heterocycles. The van der Waals surface area contributed by atoms with E-state index in [2.05, 4.69) is 51.9 Å². The maximum Gasteiger partial charge on any atom is 0.00991 e. The highest BCUT2D eigenvalue weighted by Gasteiger charge is 2.31. The molecule has 0 radical (unpaired) electrons. The van der Waals surface area contributed by atoms with Crippen molar-refractivity contribution in [1.29, 1.82) is 0 Å². The van der Waals surface area contributed by atoms with Crippen molar-refractivity contribution >= 4 is 0 Å². The van der Waals surface area contributed by atoms with Crippen molar-refractivity contribution in [3.8, 4) is 0 Å². The Hall–Kier alpha value is -0.0800. The van der Waals surface area contributed by atoms with Gasteiger partial charge in [0.25, 0.3) is 0 Å². The first-order chi connectivity index (χ1) is 7.36. The molecule has 1 rings (SSSR count). The van der Waals surface area contributed by atoms with Crippen LogP contribution >= 0.6 is 0 Å². The summed E-state index contributed by atoms with van der Waals surface area (Å²) in [5, 5.41) is 3.39. The largest absolute Gasteiger partial charge is 0.317 e. The second-order valence-electron chi connectivity index (χ2n) is 6.46. The van der Waals surface area contributed by atoms with Crippen molar-refractivity contribution in [2.24, 2.45) is 11.3 Å². The number of hydrogen-bond acceptors (Lipinski definition) is 2. The topological polar surface area (TPSA) is 15.3 Å². The monoisotopic (exact) mass is 226 g/mol. The van der Waals surface area contributed by atoms with E-state index >= 15 is 0 Å². The average molecular weight is 226 g/mol. The third-order valence-electron chi connectivity index (χ3n) is 4.46. The molecule has 0 aliphatic carbocycles. The second kappa shape index (κ2) is 5.50. The lowest BCUT2D eigenvalue weighted by Gasteiger charge is -2.43. The first kappa shape index (κ1) is 14.0. The molecule has 0 aromatic heterocycles. The van der Waals surface area contributed by atoms with Gasteiger partial charge in [0.2, 0.25) is 0 Å². The SMILES string of the molecule is CNC(C)C(C)(C)CN1CC(C)CCC1C. The van der Waals surface area contributed by atoms with Crippen molar-refractivity contribution in [2.45, 2.75) is 59.5 Å². The molecule has 16 heavy (non-hydrogen) atoms. The van der Waals surface area contributed by atoms with Crippen LogP contribution in [0.2, 0.25) is 0 Å². The second-order valence-corrected chi connectivity index (χ2v) is 6.46. The zero-order valence-corrected chi connectivity index (χ0v) is 12.0. The summed E-state index contributed by atoms with van der Waals surface area (Å²) in [6.07, 6.45) is 2.77. The standard InChI is InChI=1S/C14H30N2/c1-11-7-8-12(2)16(9-11)10-14(4,5)13(3)15-6/h11-13,15H,7-10H2,1-6H3. The fraction of sp³-hybridized carbons (Fsp3) is 1.00. The Morgan fingerprint density at radius 3 is 2.50 bits per heavy atom. The normalized spacial score (nSPS) is 30.4. The lowest BCUT2D eigenvalue weighted by molar-refractivity contribution is 0.0671. The van der Waals surface area contributed by atoms with Crippen molar-refractivity contribution in [3.05, 3.63) is 0 Å². The van der Waals surface area contributed by atoms with E-state index in [0.717, 1.165) is 12.0 Å². The van der Waals surface area contributed by atoms with E-state index in [1.54, 1.807) is 0 Å². The van der Waals surface area contributed by atoms with Gasteiger partial charge in [-0.15, -0.1) is 0 Å². The number of piperidine rings is 1. The Kier molecular flexibility index (Phi) is 4.81. The van der Waals surface area contributed by atoms with Gasteiger partial charge in [-0.2, -0.15) is 0 Å². The van der Waals surface area contributed by atoms with Crippen LogP contribution in [-0.2, 0) is 0 Å². The zero-order valence-electron chi connectivity index (χ0n) is 12.0. The number of rotatable bonds is 4. The van der Waals surface area contributed by atoms with E-state index in [-0.39, 0.29) is 0 Å². The highest BCUT2D eigenvalue weighted by Crippen LogP contribution is 2.28. The number of nitrogens with zero attached hydrogens (tertiary/aromatic N) is 1. The Morgan fingerprint density at radius 1 is 1.31 bits per heavy atom. The van der Waals surface area contributed by atoms with Gasteiger partial charge in [-0.3, -0.25) is 4.90 Å². The van der Waals surface area contributed by atoms with Crippen molar-refractivity contribution in [2.75, 3.05) is 20.1 Å². The molecule has 1 aliphatic rings. The van der Waals surface area contributed by atoms with Gasteiger partial charge in [0.15, 0.2) is 0 Å². The minimum atomic E-state index is 0.347. The first-order valence-corrected chi connectivity index (χ1v) is 6.78. The number of hydrogen-bond donors (Lipinski definition) is 1. The number of nitrogens with one attached hydrogen (secondary N) is 1. The minimum absolute atomic E-state index is 0.347. The molecule has 0 aromatic rings. The average Bonchev–Trinajstić information content (AvgIpc) is 2.22. The Morgan fingerprint density at radius 2 is 1.94 bits per heavy atom. The lowest BCUT2D eigenvalue weighted by Crippen LogP contribution is -2.50. The van der Waals surface area contributed by atoms with E-state index in [1.165, 1.54) is 25.9 Å². The molecule has 0 aromatic carbocycles. The smallest absolute Gasteiger partial charge is 0.00991 e. The van der Waals surface area contributed by atoms with Gasteiger partial charge in [0, 0.05) is 25.2 Å². The molecule has 1 saturated heterocycles. The quantitative estimate of drug-likeness (QED) is 0.793. The fourth-order valence-electron chi connectivity index (χ4n) is 2.65. The third-order valence-corrected chi connectivity index (χ3v) is 4.46. The molecule has 0 saturated carbocycles. The van der Waals surface area contributed by atoms with Gasteiger partial charge in [-0.25, -0.2) is 0 Å². The minimum Gasteiger partial charge on any atom is -0.317 e. The molecule has 0 amide bonds. The molecule has 3 unspecified atom stereocenters. The highest BCUT2D eigenvalue weighted by atomic mass is 15.2. The van der Waals surface area contributed by atoms with Crippen LogP contribution in [0.25, 0.3) is 0 Å². The number of likely N-dealkylation sites (tertiary alicyclic amines) is 1. The Labute approximate surface area is 102 Å². The van der Waals surface area contributed by atoms with Crippen molar-refractivity contribution in [3.63, 3.8) is 0 Å². The van der Waals surface area contributed by atoms with E-state index in [4.69, 9.17) is 0 Å². The fourth-order valence-corrected chi connectivity index (χ4v) is 2.65. The van der Waals surface area contributed by atoms with Crippen LogP contribution in [0.5, 0.6) is 0 Å². The lowest BCUT2D eigenvalue weighted by atomic mass is 9.83. The van der Waals surface area contributed by atoms with Gasteiger partial charge in [-0.05, 0) is 45.1 Å². The summed E-state index contributed by atoms with van der Waals surface area (Å²) in [7, 11) is 2.06. The van der Waals surface area contributed by atoms with Crippen molar-refractivity contribution < 1.29 is 0 Å². The van der Waals surface area contributed by atoms with Gasteiger partial charge >= 0.3 is 0 Å². The highest BCUT2D eigenvalue weighted by molar-refractivity contribution is 4.87. The van der Waals surface area contributed by atoms with Crippen LogP contribution in [0.1, 0.15) is 47.5 Å². The maximum atomic E-state index is 3.39. The van der Waals surface area contributed by atoms with E-state index in [0.29, 0.717) is 11.5 Å². The molecular formula is C14H30N2. The molecule has 2 nitrogen and oxygen atoms in total. The van der Waals surface area contributed by atoms with Crippen LogP contribution in [0.3, 0.4) is 0 Å². The van der Waals surface area contributed by atoms with Gasteiger partial charge in [0.1, 0.15) is 0 Å².